The molecule has 0 aromatic carbocycles. The maximum Gasteiger partial charge on any atom is 0.326 e. The molecule has 0 aliphatic rings. The van der Waals surface area contributed by atoms with E-state index in [-0.39, 0.29) is 24.8 Å². The molecule has 0 aromatic rings. The molecule has 7 nitrogen and oxygen atoms in total. The average molecular weight is 475 g/mol. The molecular formula is C27H46N4O3. The van der Waals surface area contributed by atoms with E-state index in [1.807, 2.05) is 0 Å². The van der Waals surface area contributed by atoms with Gasteiger partial charge in [0.05, 0.1) is 0 Å². The molecule has 34 heavy (non-hydrogen) atoms. The summed E-state index contributed by atoms with van der Waals surface area (Å²) in [6.45, 7) is 2.39. The number of aliphatic carboxylic acids is 1. The van der Waals surface area contributed by atoms with Crippen LogP contribution in [0.5, 0.6) is 0 Å². The van der Waals surface area contributed by atoms with Crippen molar-refractivity contribution >= 4 is 17.8 Å². The second-order valence-electron chi connectivity index (χ2n) is 8.24. The highest BCUT2D eigenvalue weighted by Gasteiger charge is 2.18. The van der Waals surface area contributed by atoms with E-state index in [1.165, 1.54) is 25.7 Å². The number of hydrogen-bond acceptors (Lipinski definition) is 3. The van der Waals surface area contributed by atoms with Crippen LogP contribution in [0.4, 0.5) is 0 Å². The number of unbranched alkanes of at least 4 members (excludes halogenated alkanes) is 6. The third kappa shape index (κ3) is 22.4. The van der Waals surface area contributed by atoms with Crippen molar-refractivity contribution in [3.63, 3.8) is 0 Å². The molecule has 0 aromatic heterocycles. The quantitative estimate of drug-likeness (QED) is 0.0791. The van der Waals surface area contributed by atoms with Crippen molar-refractivity contribution in [1.82, 2.24) is 5.32 Å². The molecule has 0 aliphatic heterocycles. The van der Waals surface area contributed by atoms with Crippen LogP contribution < -0.4 is 16.8 Å². The van der Waals surface area contributed by atoms with Crippen LogP contribution in [0.15, 0.2) is 53.6 Å². The number of nitrogens with two attached hydrogens (primary N) is 2. The second kappa shape index (κ2) is 23.3. The maximum absolute atomic E-state index is 11.9. The molecule has 192 valence electrons. The van der Waals surface area contributed by atoms with Crippen LogP contribution in [0.2, 0.25) is 0 Å². The zero-order chi connectivity index (χ0) is 25.3. The Morgan fingerprint density at radius 1 is 0.824 bits per heavy atom. The van der Waals surface area contributed by atoms with Crippen molar-refractivity contribution < 1.29 is 14.7 Å². The highest BCUT2D eigenvalue weighted by atomic mass is 16.4. The zero-order valence-corrected chi connectivity index (χ0v) is 21.0. The summed E-state index contributed by atoms with van der Waals surface area (Å²) in [4.78, 5) is 26.9. The van der Waals surface area contributed by atoms with E-state index in [0.29, 0.717) is 6.42 Å². The van der Waals surface area contributed by atoms with Gasteiger partial charge >= 0.3 is 5.97 Å². The number of amides is 1. The maximum atomic E-state index is 11.9. The van der Waals surface area contributed by atoms with Gasteiger partial charge in [0.15, 0.2) is 5.96 Å². The molecule has 0 saturated heterocycles. The van der Waals surface area contributed by atoms with Gasteiger partial charge in [-0.05, 0) is 57.8 Å². The highest BCUT2D eigenvalue weighted by molar-refractivity contribution is 5.83. The van der Waals surface area contributed by atoms with E-state index in [0.717, 1.165) is 44.9 Å². The van der Waals surface area contributed by atoms with Gasteiger partial charge in [-0.3, -0.25) is 9.79 Å². The Bertz CT molecular complexity index is 677. The number of carboxylic acid groups (broad SMARTS) is 1. The van der Waals surface area contributed by atoms with Gasteiger partial charge in [0.1, 0.15) is 6.04 Å². The number of nitrogens with zero attached hydrogens (tertiary/aromatic N) is 1. The molecular weight excluding hydrogens is 428 g/mol. The number of carboxylic acids is 1. The summed E-state index contributed by atoms with van der Waals surface area (Å²) in [7, 11) is 0. The van der Waals surface area contributed by atoms with E-state index < -0.39 is 12.0 Å². The van der Waals surface area contributed by atoms with Gasteiger partial charge in [0.25, 0.3) is 0 Å². The Kier molecular flexibility index (Phi) is 21.4. The number of nitrogens with one attached hydrogen (secondary N) is 1. The molecule has 0 fully saturated rings. The van der Waals surface area contributed by atoms with E-state index in [4.69, 9.17) is 11.5 Å². The molecule has 0 spiro atoms. The Hall–Kier alpha value is -2.83. The van der Waals surface area contributed by atoms with E-state index in [9.17, 15) is 14.7 Å². The number of aliphatic imine (C=N–C) groups is 1. The Labute approximate surface area is 206 Å². The van der Waals surface area contributed by atoms with Crippen molar-refractivity contribution in [2.45, 2.75) is 96.4 Å². The fourth-order valence-corrected chi connectivity index (χ4v) is 3.13. The smallest absolute Gasteiger partial charge is 0.326 e. The minimum Gasteiger partial charge on any atom is -0.480 e. The summed E-state index contributed by atoms with van der Waals surface area (Å²) < 4.78 is 0. The normalized spacial score (nSPS) is 12.7. The van der Waals surface area contributed by atoms with Crippen LogP contribution in [-0.4, -0.2) is 35.5 Å². The van der Waals surface area contributed by atoms with Gasteiger partial charge < -0.3 is 21.9 Å². The third-order valence-corrected chi connectivity index (χ3v) is 5.08. The first kappa shape index (κ1) is 31.2. The Morgan fingerprint density at radius 2 is 1.35 bits per heavy atom. The molecule has 0 saturated carbocycles. The predicted molar refractivity (Wildman–Crippen MR) is 142 cm³/mol. The van der Waals surface area contributed by atoms with E-state index in [2.05, 4.69) is 65.8 Å². The van der Waals surface area contributed by atoms with E-state index >= 15 is 0 Å². The second-order valence-corrected chi connectivity index (χ2v) is 8.24. The highest BCUT2D eigenvalue weighted by Crippen LogP contribution is 2.05. The topological polar surface area (TPSA) is 131 Å². The van der Waals surface area contributed by atoms with Crippen molar-refractivity contribution in [2.75, 3.05) is 6.54 Å². The summed E-state index contributed by atoms with van der Waals surface area (Å²) >= 11 is 0. The standard InChI is InChI=1S/C27H46N4O3/c1-2-3-4-5-6-7-8-9-10-11-12-13-14-15-16-17-18-19-20-21-25(32)31-24(26(33)34)22-23-30-27(28)29/h6-7,9-10,12-13,15-16,24H,2-5,8,11,14,17-23H2,1H3,(H,31,32)(H,33,34)(H4,28,29,30)/b7-6-,10-9-,13-12-,16-15-/t24-/m0/s1. The number of carbonyl (C=O) groups is 2. The van der Waals surface area contributed by atoms with Gasteiger partial charge in [-0.1, -0.05) is 74.8 Å². The van der Waals surface area contributed by atoms with Crippen LogP contribution in [0.3, 0.4) is 0 Å². The molecule has 7 heteroatoms. The Morgan fingerprint density at radius 3 is 1.85 bits per heavy atom. The molecule has 0 rings (SSSR count). The van der Waals surface area contributed by atoms with Crippen LogP contribution in [0.1, 0.15) is 90.4 Å². The summed E-state index contributed by atoms with van der Waals surface area (Å²) in [6.07, 6.45) is 29.8. The molecule has 6 N–H and O–H groups in total. The van der Waals surface area contributed by atoms with Gasteiger partial charge in [0.2, 0.25) is 5.91 Å². The monoisotopic (exact) mass is 474 g/mol. The molecule has 0 bridgehead atoms. The molecule has 0 unspecified atom stereocenters. The number of carbonyl (C=O) groups excluding carboxylic acids is 1. The van der Waals surface area contributed by atoms with Crippen LogP contribution >= 0.6 is 0 Å². The summed E-state index contributed by atoms with van der Waals surface area (Å²) in [5.41, 5.74) is 10.4. The summed E-state index contributed by atoms with van der Waals surface area (Å²) in [5, 5.41) is 11.7. The minimum atomic E-state index is -1.08. The largest absolute Gasteiger partial charge is 0.480 e. The van der Waals surface area contributed by atoms with Gasteiger partial charge in [-0.25, -0.2) is 4.79 Å². The van der Waals surface area contributed by atoms with Crippen molar-refractivity contribution in [3.05, 3.63) is 48.6 Å². The van der Waals surface area contributed by atoms with Crippen LogP contribution in [-0.2, 0) is 9.59 Å². The SMILES string of the molecule is CCCCC/C=C\C/C=C\C/C=C\C/C=C\CCCCCC(=O)N[C@@H](CCN=C(N)N)C(=O)O. The first-order chi connectivity index (χ1) is 16.5. The number of guanidine groups is 1. The van der Waals surface area contributed by atoms with Crippen molar-refractivity contribution in [2.24, 2.45) is 16.5 Å². The molecule has 0 radical (unpaired) electrons. The van der Waals surface area contributed by atoms with Gasteiger partial charge in [-0.15, -0.1) is 0 Å². The fourth-order valence-electron chi connectivity index (χ4n) is 3.13. The summed E-state index contributed by atoms with van der Waals surface area (Å²) in [6, 6.07) is -0.973. The average Bonchev–Trinajstić information content (AvgIpc) is 2.79. The number of allylic oxidation sites excluding steroid dienone is 8. The van der Waals surface area contributed by atoms with Gasteiger partial charge in [-0.2, -0.15) is 0 Å². The lowest BCUT2D eigenvalue weighted by molar-refractivity contribution is -0.142. The fraction of sp³-hybridized carbons (Fsp3) is 0.593. The predicted octanol–water partition coefficient (Wildman–Crippen LogP) is 5.15. The minimum absolute atomic E-state index is 0.0929. The third-order valence-electron chi connectivity index (χ3n) is 5.08. The van der Waals surface area contributed by atoms with Crippen molar-refractivity contribution in [1.29, 1.82) is 0 Å². The van der Waals surface area contributed by atoms with E-state index in [1.54, 1.807) is 0 Å². The van der Waals surface area contributed by atoms with Gasteiger partial charge in [0, 0.05) is 13.0 Å². The lowest BCUT2D eigenvalue weighted by Crippen LogP contribution is -2.41. The molecule has 0 heterocycles. The van der Waals surface area contributed by atoms with Crippen molar-refractivity contribution in [3.8, 4) is 0 Å². The first-order valence-corrected chi connectivity index (χ1v) is 12.6. The van der Waals surface area contributed by atoms with Crippen LogP contribution in [0, 0.1) is 0 Å². The summed E-state index contributed by atoms with van der Waals surface area (Å²) in [5.74, 6) is -1.43. The Balaban J connectivity index is 3.72. The zero-order valence-electron chi connectivity index (χ0n) is 21.0. The lowest BCUT2D eigenvalue weighted by Gasteiger charge is -2.13. The molecule has 1 amide bonds. The number of hydrogen-bond donors (Lipinski definition) is 4. The number of rotatable bonds is 21. The lowest BCUT2D eigenvalue weighted by atomic mass is 10.1. The van der Waals surface area contributed by atoms with Crippen LogP contribution in [0.25, 0.3) is 0 Å². The molecule has 0 aliphatic carbocycles. The first-order valence-electron chi connectivity index (χ1n) is 12.6. The molecule has 1 atom stereocenters.